The highest BCUT2D eigenvalue weighted by Gasteiger charge is 2.50. The van der Waals surface area contributed by atoms with E-state index in [9.17, 15) is 9.90 Å². The van der Waals surface area contributed by atoms with Crippen molar-refractivity contribution in [1.82, 2.24) is 9.97 Å². The van der Waals surface area contributed by atoms with Gasteiger partial charge in [0, 0.05) is 12.1 Å². The summed E-state index contributed by atoms with van der Waals surface area (Å²) in [6.45, 7) is 1.78. The van der Waals surface area contributed by atoms with Gasteiger partial charge in [-0.15, -0.1) is 0 Å². The van der Waals surface area contributed by atoms with Crippen LogP contribution in [0.1, 0.15) is 30.7 Å². The molecule has 2 aliphatic rings. The average molecular weight is 258 g/mol. The van der Waals surface area contributed by atoms with Crippen LogP contribution in [0.2, 0.25) is 0 Å². The third-order valence-corrected chi connectivity index (χ3v) is 4.11. The van der Waals surface area contributed by atoms with E-state index >= 15 is 0 Å². The quantitative estimate of drug-likeness (QED) is 0.854. The lowest BCUT2D eigenvalue weighted by Gasteiger charge is -2.25. The Bertz CT molecular complexity index is 580. The van der Waals surface area contributed by atoms with Gasteiger partial charge in [-0.3, -0.25) is 4.79 Å². The molecular weight excluding hydrogens is 244 g/mol. The van der Waals surface area contributed by atoms with E-state index in [2.05, 4.69) is 16.0 Å². The number of hydrogen-bond acceptors (Lipinski definition) is 5. The maximum Gasteiger partial charge on any atom is 0.308 e. The summed E-state index contributed by atoms with van der Waals surface area (Å²) in [5, 5.41) is 18.4. The molecule has 6 heteroatoms. The van der Waals surface area contributed by atoms with Crippen molar-refractivity contribution in [2.24, 2.45) is 5.92 Å². The maximum absolute atomic E-state index is 11.3. The van der Waals surface area contributed by atoms with Gasteiger partial charge < -0.3 is 10.0 Å². The Balaban J connectivity index is 2.02. The van der Waals surface area contributed by atoms with Gasteiger partial charge in [0.25, 0.3) is 0 Å². The van der Waals surface area contributed by atoms with E-state index in [0.29, 0.717) is 23.6 Å². The molecule has 0 spiro atoms. The number of aliphatic carboxylic acids is 1. The predicted molar refractivity (Wildman–Crippen MR) is 66.5 cm³/mol. The summed E-state index contributed by atoms with van der Waals surface area (Å²) in [6.07, 6.45) is 4.00. The van der Waals surface area contributed by atoms with Crippen LogP contribution in [0.25, 0.3) is 0 Å². The van der Waals surface area contributed by atoms with Crippen LogP contribution >= 0.6 is 0 Å². The number of nitrogens with zero attached hydrogens (tertiary/aromatic N) is 4. The minimum atomic E-state index is -0.749. The molecule has 6 nitrogen and oxygen atoms in total. The Kier molecular flexibility index (Phi) is 2.63. The standard InChI is InChI=1S/C13H14N4O2/c1-7-15-6-8(5-14)12(16-7)17-9-2-3-11(17)10(4-9)13(18)19/h6,9-11H,2-4H2,1H3,(H,18,19). The lowest BCUT2D eigenvalue weighted by Crippen LogP contribution is -2.34. The maximum atomic E-state index is 11.3. The first kappa shape index (κ1) is 11.9. The summed E-state index contributed by atoms with van der Waals surface area (Å²) in [5.41, 5.74) is 0.425. The molecule has 2 aliphatic heterocycles. The molecular formula is C13H14N4O2. The molecule has 2 saturated heterocycles. The topological polar surface area (TPSA) is 90.1 Å². The van der Waals surface area contributed by atoms with Gasteiger partial charge in [-0.05, 0) is 26.2 Å². The predicted octanol–water partition coefficient (Wildman–Crippen LogP) is 1.10. The minimum absolute atomic E-state index is 0.0381. The monoisotopic (exact) mass is 258 g/mol. The molecule has 0 aliphatic carbocycles. The van der Waals surface area contributed by atoms with Crippen molar-refractivity contribution in [2.75, 3.05) is 4.90 Å². The summed E-state index contributed by atoms with van der Waals surface area (Å²) in [6, 6.07) is 2.25. The number of aromatic nitrogens is 2. The smallest absolute Gasteiger partial charge is 0.308 e. The Hall–Kier alpha value is -2.16. The second-order valence-corrected chi connectivity index (χ2v) is 5.15. The van der Waals surface area contributed by atoms with E-state index in [1.807, 2.05) is 4.90 Å². The van der Waals surface area contributed by atoms with Gasteiger partial charge in [-0.25, -0.2) is 9.97 Å². The number of nitriles is 1. The number of carboxylic acids is 1. The van der Waals surface area contributed by atoms with Gasteiger partial charge in [-0.2, -0.15) is 5.26 Å². The molecule has 2 fully saturated rings. The molecule has 1 N–H and O–H groups in total. The lowest BCUT2D eigenvalue weighted by atomic mass is 9.89. The highest BCUT2D eigenvalue weighted by atomic mass is 16.4. The Morgan fingerprint density at radius 1 is 1.58 bits per heavy atom. The molecule has 1 aromatic heterocycles. The highest BCUT2D eigenvalue weighted by Crippen LogP contribution is 2.44. The first-order valence-electron chi connectivity index (χ1n) is 6.36. The number of carboxylic acid groups (broad SMARTS) is 1. The molecule has 3 unspecified atom stereocenters. The number of hydrogen-bond donors (Lipinski definition) is 1. The van der Waals surface area contributed by atoms with Crippen LogP contribution in [0, 0.1) is 24.2 Å². The first-order chi connectivity index (χ1) is 9.11. The van der Waals surface area contributed by atoms with Crippen LogP contribution < -0.4 is 4.90 Å². The Labute approximate surface area is 110 Å². The molecule has 0 saturated carbocycles. The molecule has 0 aromatic carbocycles. The van der Waals surface area contributed by atoms with Gasteiger partial charge in [-0.1, -0.05) is 0 Å². The van der Waals surface area contributed by atoms with Crippen molar-refractivity contribution in [1.29, 1.82) is 5.26 Å². The van der Waals surface area contributed by atoms with E-state index in [1.54, 1.807) is 6.92 Å². The molecule has 2 bridgehead atoms. The van der Waals surface area contributed by atoms with E-state index in [1.165, 1.54) is 6.20 Å². The SMILES string of the molecule is Cc1ncc(C#N)c(N2C3CCC2C(C(=O)O)C3)n1. The average Bonchev–Trinajstić information content (AvgIpc) is 2.95. The zero-order valence-corrected chi connectivity index (χ0v) is 10.6. The third kappa shape index (κ3) is 1.73. The molecule has 1 aromatic rings. The summed E-state index contributed by atoms with van der Waals surface area (Å²) >= 11 is 0. The van der Waals surface area contributed by atoms with Crippen LogP contribution in [0.15, 0.2) is 6.20 Å². The zero-order chi connectivity index (χ0) is 13.6. The summed E-state index contributed by atoms with van der Waals surface area (Å²) in [4.78, 5) is 21.7. The number of anilines is 1. The van der Waals surface area contributed by atoms with Gasteiger partial charge in [0.1, 0.15) is 17.5 Å². The molecule has 3 rings (SSSR count). The Morgan fingerprint density at radius 3 is 3.00 bits per heavy atom. The molecule has 0 amide bonds. The largest absolute Gasteiger partial charge is 0.481 e. The fraction of sp³-hybridized carbons (Fsp3) is 0.538. The van der Waals surface area contributed by atoms with Crippen molar-refractivity contribution in [3.63, 3.8) is 0 Å². The second-order valence-electron chi connectivity index (χ2n) is 5.15. The lowest BCUT2D eigenvalue weighted by molar-refractivity contribution is -0.142. The number of carbonyl (C=O) groups is 1. The number of aryl methyl sites for hydroxylation is 1. The highest BCUT2D eigenvalue weighted by molar-refractivity contribution is 5.74. The van der Waals surface area contributed by atoms with Gasteiger partial charge in [0.15, 0.2) is 5.82 Å². The molecule has 98 valence electrons. The summed E-state index contributed by atoms with van der Waals surface area (Å²) < 4.78 is 0. The number of rotatable bonds is 2. The second kappa shape index (κ2) is 4.19. The Morgan fingerprint density at radius 2 is 2.37 bits per heavy atom. The summed E-state index contributed by atoms with van der Waals surface area (Å²) in [7, 11) is 0. The van der Waals surface area contributed by atoms with Crippen LogP contribution in [-0.4, -0.2) is 33.1 Å². The van der Waals surface area contributed by atoms with E-state index < -0.39 is 5.97 Å². The normalized spacial score (nSPS) is 28.4. The van der Waals surface area contributed by atoms with Crippen molar-refractivity contribution in [3.8, 4) is 6.07 Å². The molecule has 3 heterocycles. The van der Waals surface area contributed by atoms with Crippen molar-refractivity contribution in [3.05, 3.63) is 17.6 Å². The zero-order valence-electron chi connectivity index (χ0n) is 10.6. The molecule has 3 atom stereocenters. The first-order valence-corrected chi connectivity index (χ1v) is 6.36. The van der Waals surface area contributed by atoms with Crippen LogP contribution in [0.5, 0.6) is 0 Å². The third-order valence-electron chi connectivity index (χ3n) is 4.11. The van der Waals surface area contributed by atoms with Gasteiger partial charge in [0.2, 0.25) is 0 Å². The van der Waals surface area contributed by atoms with E-state index in [0.717, 1.165) is 12.8 Å². The van der Waals surface area contributed by atoms with Crippen molar-refractivity contribution < 1.29 is 9.90 Å². The number of fused-ring (bicyclic) bond motifs is 2. The van der Waals surface area contributed by atoms with Crippen LogP contribution in [-0.2, 0) is 4.79 Å². The van der Waals surface area contributed by atoms with Crippen LogP contribution in [0.3, 0.4) is 0 Å². The van der Waals surface area contributed by atoms with E-state index in [-0.39, 0.29) is 18.0 Å². The van der Waals surface area contributed by atoms with E-state index in [4.69, 9.17) is 5.26 Å². The fourth-order valence-corrected chi connectivity index (χ4v) is 3.32. The molecule has 0 radical (unpaired) electrons. The fourth-order valence-electron chi connectivity index (χ4n) is 3.32. The van der Waals surface area contributed by atoms with Crippen LogP contribution in [0.4, 0.5) is 5.82 Å². The minimum Gasteiger partial charge on any atom is -0.481 e. The van der Waals surface area contributed by atoms with Crippen molar-refractivity contribution >= 4 is 11.8 Å². The molecule has 19 heavy (non-hydrogen) atoms. The van der Waals surface area contributed by atoms with Gasteiger partial charge >= 0.3 is 5.97 Å². The summed E-state index contributed by atoms with van der Waals surface area (Å²) in [5.74, 6) is 0.112. The van der Waals surface area contributed by atoms with Crippen molar-refractivity contribution in [2.45, 2.75) is 38.3 Å². The van der Waals surface area contributed by atoms with Gasteiger partial charge in [0.05, 0.1) is 12.1 Å².